The van der Waals surface area contributed by atoms with Crippen LogP contribution in [0.3, 0.4) is 0 Å². The summed E-state index contributed by atoms with van der Waals surface area (Å²) in [4.78, 5) is 14.9. The van der Waals surface area contributed by atoms with E-state index in [-0.39, 0.29) is 29.8 Å². The van der Waals surface area contributed by atoms with Crippen LogP contribution in [-0.2, 0) is 10.0 Å². The van der Waals surface area contributed by atoms with Gasteiger partial charge < -0.3 is 10.2 Å². The number of piperidine rings is 1. The highest BCUT2D eigenvalue weighted by Gasteiger charge is 2.21. The topological polar surface area (TPSA) is 102 Å². The maximum absolute atomic E-state index is 12.4. The minimum absolute atomic E-state index is 0.0673. The van der Waals surface area contributed by atoms with E-state index >= 15 is 0 Å². The van der Waals surface area contributed by atoms with Crippen molar-refractivity contribution in [3.63, 3.8) is 0 Å². The summed E-state index contributed by atoms with van der Waals surface area (Å²) >= 11 is 0. The third kappa shape index (κ3) is 5.80. The highest BCUT2D eigenvalue weighted by molar-refractivity contribution is 7.89. The maximum Gasteiger partial charge on any atom is 0.251 e. The first-order chi connectivity index (χ1) is 12.5. The van der Waals surface area contributed by atoms with Crippen LogP contribution in [0.5, 0.6) is 0 Å². The summed E-state index contributed by atoms with van der Waals surface area (Å²) in [6.45, 7) is 5.31. The molecule has 1 aliphatic rings. The van der Waals surface area contributed by atoms with Crippen LogP contribution >= 0.6 is 0 Å². The number of likely N-dealkylation sites (tertiary alicyclic amines) is 1. The summed E-state index contributed by atoms with van der Waals surface area (Å²) in [5.41, 5.74) is 0.442. The van der Waals surface area contributed by atoms with Gasteiger partial charge in [0, 0.05) is 37.7 Å². The molecule has 8 heteroatoms. The van der Waals surface area contributed by atoms with Gasteiger partial charge in [-0.15, -0.1) is 0 Å². The Morgan fingerprint density at radius 3 is 2.50 bits per heavy atom. The number of hydrogen-bond acceptors (Lipinski definition) is 5. The van der Waals surface area contributed by atoms with Crippen LogP contribution in [-0.4, -0.2) is 51.4 Å². The van der Waals surface area contributed by atoms with E-state index in [1.165, 1.54) is 24.3 Å². The minimum Gasteiger partial charge on any atom is -0.349 e. The van der Waals surface area contributed by atoms with E-state index in [1.807, 2.05) is 6.07 Å². The molecule has 1 saturated heterocycles. The number of hydrogen-bond donors (Lipinski definition) is 2. The number of nitrogens with zero attached hydrogens (tertiary/aromatic N) is 2. The molecule has 0 aromatic heterocycles. The lowest BCUT2D eigenvalue weighted by Gasteiger charge is -2.32. The van der Waals surface area contributed by atoms with E-state index < -0.39 is 10.0 Å². The smallest absolute Gasteiger partial charge is 0.251 e. The zero-order chi connectivity index (χ0) is 19.0. The first kappa shape index (κ1) is 20.4. The number of nitriles is 1. The molecule has 0 saturated carbocycles. The van der Waals surface area contributed by atoms with Crippen molar-refractivity contribution in [2.24, 2.45) is 0 Å². The highest BCUT2D eigenvalue weighted by Crippen LogP contribution is 2.13. The van der Waals surface area contributed by atoms with Crippen molar-refractivity contribution < 1.29 is 13.2 Å². The third-order valence-corrected chi connectivity index (χ3v) is 5.90. The van der Waals surface area contributed by atoms with Gasteiger partial charge in [-0.05, 0) is 50.1 Å². The second-order valence-electron chi connectivity index (χ2n) is 6.42. The summed E-state index contributed by atoms with van der Waals surface area (Å²) in [5.74, 6) is -0.180. The van der Waals surface area contributed by atoms with Crippen LogP contribution in [0.15, 0.2) is 29.2 Å². The van der Waals surface area contributed by atoms with Crippen LogP contribution in [0.4, 0.5) is 0 Å². The Morgan fingerprint density at radius 2 is 1.92 bits per heavy atom. The van der Waals surface area contributed by atoms with Crippen molar-refractivity contribution in [1.82, 2.24) is 14.9 Å². The molecule has 2 rings (SSSR count). The number of amides is 1. The van der Waals surface area contributed by atoms with Gasteiger partial charge in [-0.3, -0.25) is 4.79 Å². The third-order valence-electron chi connectivity index (χ3n) is 4.42. The Kier molecular flexibility index (Phi) is 7.57. The summed E-state index contributed by atoms with van der Waals surface area (Å²) in [6.07, 6.45) is 3.11. The van der Waals surface area contributed by atoms with Gasteiger partial charge in [0.15, 0.2) is 0 Å². The fourth-order valence-electron chi connectivity index (χ4n) is 3.00. The van der Waals surface area contributed by atoms with Gasteiger partial charge in [-0.2, -0.15) is 5.26 Å². The average Bonchev–Trinajstić information content (AvgIpc) is 2.64. The molecule has 0 spiro atoms. The number of rotatable bonds is 8. The molecule has 0 bridgehead atoms. The molecule has 1 amide bonds. The zero-order valence-electron chi connectivity index (χ0n) is 15.1. The average molecular weight is 378 g/mol. The molecule has 0 aliphatic carbocycles. The van der Waals surface area contributed by atoms with E-state index in [0.717, 1.165) is 38.9 Å². The SMILES string of the molecule is CCCN1CCC(NC(=O)c2ccc(S(=O)(=O)NCCC#N)cc2)CC1. The van der Waals surface area contributed by atoms with E-state index in [0.29, 0.717) is 5.56 Å². The molecular weight excluding hydrogens is 352 g/mol. The lowest BCUT2D eigenvalue weighted by Crippen LogP contribution is -2.44. The molecule has 1 aromatic carbocycles. The molecule has 0 radical (unpaired) electrons. The molecule has 2 N–H and O–H groups in total. The van der Waals surface area contributed by atoms with Gasteiger partial charge in [0.2, 0.25) is 10.0 Å². The van der Waals surface area contributed by atoms with Crippen molar-refractivity contribution in [2.75, 3.05) is 26.2 Å². The highest BCUT2D eigenvalue weighted by atomic mass is 32.2. The van der Waals surface area contributed by atoms with E-state index in [9.17, 15) is 13.2 Å². The van der Waals surface area contributed by atoms with Crippen LogP contribution in [0.25, 0.3) is 0 Å². The van der Waals surface area contributed by atoms with Gasteiger partial charge >= 0.3 is 0 Å². The molecule has 1 aliphatic heterocycles. The molecule has 0 unspecified atom stereocenters. The molecule has 1 fully saturated rings. The van der Waals surface area contributed by atoms with Gasteiger partial charge in [-0.1, -0.05) is 6.92 Å². The normalized spacial score (nSPS) is 16.2. The van der Waals surface area contributed by atoms with Crippen LogP contribution in [0, 0.1) is 11.3 Å². The standard InChI is InChI=1S/C18H26N4O3S/c1-2-12-22-13-8-16(9-14-22)21-18(23)15-4-6-17(7-5-15)26(24,25)20-11-3-10-19/h4-7,16,20H,2-3,8-9,11-14H2,1H3,(H,21,23). The molecule has 0 atom stereocenters. The summed E-state index contributed by atoms with van der Waals surface area (Å²) < 4.78 is 26.5. The monoisotopic (exact) mass is 378 g/mol. The Labute approximate surface area is 155 Å². The predicted octanol–water partition coefficient (Wildman–Crippen LogP) is 1.48. The Hall–Kier alpha value is -1.95. The van der Waals surface area contributed by atoms with Gasteiger partial charge in [0.25, 0.3) is 5.91 Å². The molecule has 1 heterocycles. The number of sulfonamides is 1. The quantitative estimate of drug-likeness (QED) is 0.667. The largest absolute Gasteiger partial charge is 0.349 e. The summed E-state index contributed by atoms with van der Waals surface area (Å²) in [6, 6.07) is 7.89. The number of nitrogens with one attached hydrogen (secondary N) is 2. The van der Waals surface area contributed by atoms with E-state index in [1.54, 1.807) is 0 Å². The molecule has 7 nitrogen and oxygen atoms in total. The van der Waals surface area contributed by atoms with Gasteiger partial charge in [0.05, 0.1) is 11.0 Å². The Bertz CT molecular complexity index is 733. The Morgan fingerprint density at radius 1 is 1.27 bits per heavy atom. The van der Waals surface area contributed by atoms with Crippen molar-refractivity contribution in [3.8, 4) is 6.07 Å². The fraction of sp³-hybridized carbons (Fsp3) is 0.556. The summed E-state index contributed by atoms with van der Waals surface area (Å²) in [5, 5.41) is 11.5. The second kappa shape index (κ2) is 9.67. The van der Waals surface area contributed by atoms with E-state index in [2.05, 4.69) is 21.9 Å². The Balaban J connectivity index is 1.90. The first-order valence-corrected chi connectivity index (χ1v) is 10.4. The summed E-state index contributed by atoms with van der Waals surface area (Å²) in [7, 11) is -3.65. The number of benzene rings is 1. The van der Waals surface area contributed by atoms with Crippen LogP contribution in [0.2, 0.25) is 0 Å². The van der Waals surface area contributed by atoms with Crippen molar-refractivity contribution in [3.05, 3.63) is 29.8 Å². The van der Waals surface area contributed by atoms with Crippen molar-refractivity contribution >= 4 is 15.9 Å². The van der Waals surface area contributed by atoms with Crippen LogP contribution < -0.4 is 10.0 Å². The van der Waals surface area contributed by atoms with E-state index in [4.69, 9.17) is 5.26 Å². The molecule has 26 heavy (non-hydrogen) atoms. The number of carbonyl (C=O) groups is 1. The van der Waals surface area contributed by atoms with Crippen molar-refractivity contribution in [2.45, 2.75) is 43.5 Å². The van der Waals surface area contributed by atoms with Crippen LogP contribution in [0.1, 0.15) is 43.0 Å². The molecular formula is C18H26N4O3S. The first-order valence-electron chi connectivity index (χ1n) is 8.96. The number of carbonyl (C=O) groups excluding carboxylic acids is 1. The lowest BCUT2D eigenvalue weighted by atomic mass is 10.0. The lowest BCUT2D eigenvalue weighted by molar-refractivity contribution is 0.0911. The predicted molar refractivity (Wildman–Crippen MR) is 99.1 cm³/mol. The van der Waals surface area contributed by atoms with Gasteiger partial charge in [-0.25, -0.2) is 13.1 Å². The zero-order valence-corrected chi connectivity index (χ0v) is 15.9. The minimum atomic E-state index is -3.65. The molecule has 1 aromatic rings. The second-order valence-corrected chi connectivity index (χ2v) is 8.19. The fourth-order valence-corrected chi connectivity index (χ4v) is 4.03. The maximum atomic E-state index is 12.4. The van der Waals surface area contributed by atoms with Crippen molar-refractivity contribution in [1.29, 1.82) is 5.26 Å². The van der Waals surface area contributed by atoms with Gasteiger partial charge in [0.1, 0.15) is 0 Å². The molecule has 142 valence electrons.